The summed E-state index contributed by atoms with van der Waals surface area (Å²) in [5.41, 5.74) is 1.11. The zero-order valence-electron chi connectivity index (χ0n) is 13.5. The number of halogens is 1. The molecule has 6 heteroatoms. The van der Waals surface area contributed by atoms with Crippen LogP contribution in [0.25, 0.3) is 0 Å². The van der Waals surface area contributed by atoms with E-state index < -0.39 is 11.8 Å². The second-order valence-electron chi connectivity index (χ2n) is 6.28. The largest absolute Gasteiger partial charge is 0.508 e. The smallest absolute Gasteiger partial charge is 0.335 e. The van der Waals surface area contributed by atoms with Gasteiger partial charge < -0.3 is 15.1 Å². The van der Waals surface area contributed by atoms with E-state index in [9.17, 15) is 19.1 Å². The first-order chi connectivity index (χ1) is 11.9. The number of benzene rings is 2. The summed E-state index contributed by atoms with van der Waals surface area (Å²) in [6.45, 7) is 1.03. The van der Waals surface area contributed by atoms with Gasteiger partial charge in [0.2, 0.25) is 0 Å². The zero-order chi connectivity index (χ0) is 18.0. The number of aromatic carboxylic acids is 1. The number of phenols is 1. The topological polar surface area (TPSA) is 77.8 Å². The van der Waals surface area contributed by atoms with Gasteiger partial charge in [-0.1, -0.05) is 12.1 Å². The van der Waals surface area contributed by atoms with E-state index in [1.165, 1.54) is 12.1 Å². The average Bonchev–Trinajstić information content (AvgIpc) is 3.03. The molecule has 130 valence electrons. The molecule has 0 aliphatic carbocycles. The number of nitrogens with zero attached hydrogens (tertiary/aromatic N) is 1. The highest BCUT2D eigenvalue weighted by atomic mass is 19.1. The van der Waals surface area contributed by atoms with Gasteiger partial charge in [-0.25, -0.2) is 9.18 Å². The van der Waals surface area contributed by atoms with Gasteiger partial charge in [0.25, 0.3) is 5.91 Å². The molecular weight excluding hydrogens is 325 g/mol. The number of carbonyl (C=O) groups is 2. The molecule has 1 unspecified atom stereocenters. The Kier molecular flexibility index (Phi) is 4.70. The van der Waals surface area contributed by atoms with Crippen molar-refractivity contribution in [3.63, 3.8) is 0 Å². The van der Waals surface area contributed by atoms with Gasteiger partial charge in [0.05, 0.1) is 11.1 Å². The van der Waals surface area contributed by atoms with Crippen molar-refractivity contribution in [1.82, 2.24) is 4.90 Å². The third-order valence-electron chi connectivity index (χ3n) is 4.45. The van der Waals surface area contributed by atoms with Crippen LogP contribution in [0.5, 0.6) is 5.75 Å². The Bertz CT molecular complexity index is 821. The molecule has 3 rings (SSSR count). The molecule has 2 N–H and O–H groups in total. The molecule has 0 saturated carbocycles. The number of carboxylic acid groups (broad SMARTS) is 1. The third-order valence-corrected chi connectivity index (χ3v) is 4.45. The quantitative estimate of drug-likeness (QED) is 0.895. The van der Waals surface area contributed by atoms with E-state index in [2.05, 4.69) is 0 Å². The predicted molar refractivity (Wildman–Crippen MR) is 89.2 cm³/mol. The van der Waals surface area contributed by atoms with E-state index in [0.29, 0.717) is 19.5 Å². The predicted octanol–water partition coefficient (Wildman–Crippen LogP) is 2.93. The summed E-state index contributed by atoms with van der Waals surface area (Å²) in [4.78, 5) is 25.1. The third kappa shape index (κ3) is 3.79. The van der Waals surface area contributed by atoms with Crippen molar-refractivity contribution < 1.29 is 24.2 Å². The normalized spacial score (nSPS) is 16.8. The van der Waals surface area contributed by atoms with Gasteiger partial charge in [-0.15, -0.1) is 0 Å². The lowest BCUT2D eigenvalue weighted by Crippen LogP contribution is -2.29. The lowest BCUT2D eigenvalue weighted by Gasteiger charge is -2.17. The van der Waals surface area contributed by atoms with Crippen LogP contribution in [-0.2, 0) is 6.42 Å². The maximum atomic E-state index is 13.9. The number of likely N-dealkylation sites (tertiary alicyclic amines) is 1. The molecule has 1 aliphatic heterocycles. The Balaban J connectivity index is 1.66. The van der Waals surface area contributed by atoms with Crippen LogP contribution in [0, 0.1) is 11.7 Å². The SMILES string of the molecule is O=C(O)c1cccc(CC2CCN(C(=O)c3ccc(O)cc3F)C2)c1. The summed E-state index contributed by atoms with van der Waals surface area (Å²) in [6, 6.07) is 10.3. The first-order valence-corrected chi connectivity index (χ1v) is 8.04. The molecule has 25 heavy (non-hydrogen) atoms. The summed E-state index contributed by atoms with van der Waals surface area (Å²) in [7, 11) is 0. The maximum Gasteiger partial charge on any atom is 0.335 e. The summed E-state index contributed by atoms with van der Waals surface area (Å²) in [5, 5.41) is 18.3. The van der Waals surface area contributed by atoms with E-state index in [-0.39, 0.29) is 28.7 Å². The second-order valence-corrected chi connectivity index (χ2v) is 6.28. The standard InChI is InChI=1S/C19H18FNO4/c20-17-10-15(22)4-5-16(17)18(23)21-7-6-13(11-21)8-12-2-1-3-14(9-12)19(24)25/h1-5,9-10,13,22H,6-8,11H2,(H,24,25). The fourth-order valence-electron chi connectivity index (χ4n) is 3.20. The minimum absolute atomic E-state index is 0.0497. The molecule has 1 amide bonds. The first kappa shape index (κ1) is 17.0. The number of rotatable bonds is 4. The van der Waals surface area contributed by atoms with Crippen molar-refractivity contribution in [2.24, 2.45) is 5.92 Å². The Morgan fingerprint density at radius 2 is 2.00 bits per heavy atom. The van der Waals surface area contributed by atoms with Gasteiger partial charge in [-0.3, -0.25) is 4.79 Å². The molecular formula is C19H18FNO4. The monoisotopic (exact) mass is 343 g/mol. The van der Waals surface area contributed by atoms with Gasteiger partial charge in [0.15, 0.2) is 0 Å². The summed E-state index contributed by atoms with van der Waals surface area (Å²) in [6.07, 6.45) is 1.45. The molecule has 2 aromatic carbocycles. The van der Waals surface area contributed by atoms with Gasteiger partial charge >= 0.3 is 5.97 Å². The van der Waals surface area contributed by atoms with E-state index in [4.69, 9.17) is 5.11 Å². The molecule has 0 bridgehead atoms. The summed E-state index contributed by atoms with van der Waals surface area (Å²) >= 11 is 0. The van der Waals surface area contributed by atoms with Crippen LogP contribution in [0.1, 0.15) is 32.7 Å². The fourth-order valence-corrected chi connectivity index (χ4v) is 3.20. The van der Waals surface area contributed by atoms with Crippen LogP contribution in [0.15, 0.2) is 42.5 Å². The molecule has 1 heterocycles. The molecule has 1 atom stereocenters. The van der Waals surface area contributed by atoms with Crippen molar-refractivity contribution in [1.29, 1.82) is 0 Å². The minimum Gasteiger partial charge on any atom is -0.508 e. The lowest BCUT2D eigenvalue weighted by atomic mass is 9.97. The van der Waals surface area contributed by atoms with Crippen molar-refractivity contribution in [2.75, 3.05) is 13.1 Å². The minimum atomic E-state index is -0.965. The first-order valence-electron chi connectivity index (χ1n) is 8.04. The van der Waals surface area contributed by atoms with Gasteiger partial charge in [-0.05, 0) is 48.6 Å². The van der Waals surface area contributed by atoms with Crippen molar-refractivity contribution in [3.05, 3.63) is 65.0 Å². The highest BCUT2D eigenvalue weighted by molar-refractivity contribution is 5.94. The van der Waals surface area contributed by atoms with Gasteiger partial charge in [0, 0.05) is 19.2 Å². The number of phenolic OH excluding ortho intramolecular Hbond substituents is 1. The number of amides is 1. The average molecular weight is 343 g/mol. The van der Waals surface area contributed by atoms with Gasteiger partial charge in [0.1, 0.15) is 11.6 Å². The Hall–Kier alpha value is -2.89. The second kappa shape index (κ2) is 6.93. The van der Waals surface area contributed by atoms with E-state index in [1.807, 2.05) is 6.07 Å². The van der Waals surface area contributed by atoms with Crippen LogP contribution < -0.4 is 0 Å². The number of hydrogen-bond acceptors (Lipinski definition) is 3. The molecule has 0 aromatic heterocycles. The number of carboxylic acids is 1. The van der Waals surface area contributed by atoms with Crippen LogP contribution in [0.3, 0.4) is 0 Å². The maximum absolute atomic E-state index is 13.9. The molecule has 1 aliphatic rings. The molecule has 0 spiro atoms. The zero-order valence-corrected chi connectivity index (χ0v) is 13.5. The van der Waals surface area contributed by atoms with Crippen LogP contribution in [-0.4, -0.2) is 40.1 Å². The molecule has 1 fully saturated rings. The van der Waals surface area contributed by atoms with E-state index in [1.54, 1.807) is 23.1 Å². The summed E-state index contributed by atoms with van der Waals surface area (Å²) < 4.78 is 13.9. The van der Waals surface area contributed by atoms with E-state index in [0.717, 1.165) is 18.1 Å². The molecule has 5 nitrogen and oxygen atoms in total. The highest BCUT2D eigenvalue weighted by Gasteiger charge is 2.28. The van der Waals surface area contributed by atoms with Crippen LogP contribution in [0.2, 0.25) is 0 Å². The van der Waals surface area contributed by atoms with Gasteiger partial charge in [-0.2, -0.15) is 0 Å². The number of aromatic hydroxyl groups is 1. The fraction of sp³-hybridized carbons (Fsp3) is 0.263. The Morgan fingerprint density at radius 1 is 1.20 bits per heavy atom. The Labute approximate surface area is 144 Å². The lowest BCUT2D eigenvalue weighted by molar-refractivity contribution is 0.0696. The molecule has 0 radical (unpaired) electrons. The molecule has 2 aromatic rings. The number of carbonyl (C=O) groups excluding carboxylic acids is 1. The van der Waals surface area contributed by atoms with Crippen molar-refractivity contribution in [2.45, 2.75) is 12.8 Å². The Morgan fingerprint density at radius 3 is 2.72 bits per heavy atom. The summed E-state index contributed by atoms with van der Waals surface area (Å²) in [5.74, 6) is -2.10. The highest BCUT2D eigenvalue weighted by Crippen LogP contribution is 2.24. The van der Waals surface area contributed by atoms with Crippen molar-refractivity contribution >= 4 is 11.9 Å². The number of hydrogen-bond donors (Lipinski definition) is 2. The van der Waals surface area contributed by atoms with Crippen molar-refractivity contribution in [3.8, 4) is 5.75 Å². The van der Waals surface area contributed by atoms with E-state index >= 15 is 0 Å². The van der Waals surface area contributed by atoms with Crippen LogP contribution in [0.4, 0.5) is 4.39 Å². The van der Waals surface area contributed by atoms with Crippen LogP contribution >= 0.6 is 0 Å². The molecule has 1 saturated heterocycles.